The summed E-state index contributed by atoms with van der Waals surface area (Å²) in [5.74, 6) is -0.922. The van der Waals surface area contributed by atoms with Gasteiger partial charge in [-0.25, -0.2) is 0 Å². The molecule has 67 heavy (non-hydrogen) atoms. The molecule has 0 unspecified atom stereocenters. The van der Waals surface area contributed by atoms with Gasteiger partial charge in [-0.15, -0.1) is 0 Å². The smallest absolute Gasteiger partial charge is 0.306 e. The first kappa shape index (κ1) is 64.1. The van der Waals surface area contributed by atoms with Gasteiger partial charge in [0.05, 0.1) is 0 Å². The van der Waals surface area contributed by atoms with Crippen LogP contribution >= 0.6 is 0 Å². The van der Waals surface area contributed by atoms with Crippen LogP contribution in [-0.2, 0) is 28.6 Å². The molecule has 0 aliphatic carbocycles. The van der Waals surface area contributed by atoms with Crippen LogP contribution in [-0.4, -0.2) is 37.2 Å². The van der Waals surface area contributed by atoms with Crippen LogP contribution in [0.4, 0.5) is 0 Å². The van der Waals surface area contributed by atoms with E-state index in [0.29, 0.717) is 19.3 Å². The first-order valence-corrected chi connectivity index (χ1v) is 28.8. The summed E-state index contributed by atoms with van der Waals surface area (Å²) in [6.45, 7) is 6.58. The maximum absolute atomic E-state index is 12.9. The van der Waals surface area contributed by atoms with Gasteiger partial charge in [0.2, 0.25) is 0 Å². The molecule has 0 aromatic carbocycles. The van der Waals surface area contributed by atoms with Gasteiger partial charge in [-0.2, -0.15) is 0 Å². The van der Waals surface area contributed by atoms with Crippen LogP contribution in [0.25, 0.3) is 0 Å². The molecule has 6 heteroatoms. The van der Waals surface area contributed by atoms with Crippen molar-refractivity contribution in [3.8, 4) is 0 Å². The fourth-order valence-electron chi connectivity index (χ4n) is 8.13. The van der Waals surface area contributed by atoms with Crippen LogP contribution in [0.1, 0.15) is 290 Å². The summed E-state index contributed by atoms with van der Waals surface area (Å²) in [7, 11) is 0. The summed E-state index contributed by atoms with van der Waals surface area (Å²) in [6, 6.07) is 0. The molecule has 0 spiro atoms. The molecule has 0 bridgehead atoms. The lowest BCUT2D eigenvalue weighted by Gasteiger charge is -2.18. The minimum atomic E-state index is -0.791. The normalized spacial score (nSPS) is 12.5. The van der Waals surface area contributed by atoms with E-state index >= 15 is 0 Å². The maximum atomic E-state index is 12.9. The Kier molecular flexibility index (Phi) is 53.3. The summed E-state index contributed by atoms with van der Waals surface area (Å²) < 4.78 is 16.8. The SMILES string of the molecule is CCCCC/C=C\C/C=C\C/C=C\CCCCC(=O)OC[C@@H](COC(=O)CCCCCCCCC/C=C\C/C=C\CCCCC)OC(=O)CCCCCCCCCCCCCCCCCCC. The Morgan fingerprint density at radius 2 is 0.537 bits per heavy atom. The van der Waals surface area contributed by atoms with Crippen molar-refractivity contribution in [3.63, 3.8) is 0 Å². The molecule has 0 aromatic heterocycles. The van der Waals surface area contributed by atoms with Gasteiger partial charge in [0.15, 0.2) is 6.10 Å². The second-order valence-corrected chi connectivity index (χ2v) is 19.2. The Morgan fingerprint density at radius 3 is 0.896 bits per heavy atom. The van der Waals surface area contributed by atoms with Gasteiger partial charge in [0.25, 0.3) is 0 Å². The molecule has 0 radical (unpaired) electrons. The molecule has 0 amide bonds. The van der Waals surface area contributed by atoms with Crippen LogP contribution in [0.5, 0.6) is 0 Å². The van der Waals surface area contributed by atoms with E-state index in [9.17, 15) is 14.4 Å². The minimum absolute atomic E-state index is 0.0882. The second kappa shape index (κ2) is 55.7. The van der Waals surface area contributed by atoms with E-state index in [0.717, 1.165) is 83.5 Å². The standard InChI is InChI=1S/C61H108O6/c1-4-7-10-13-16-19-22-25-28-30-33-36-39-42-45-48-51-54-60(63)66-57-58(56-65-59(62)53-50-47-44-41-38-35-32-27-24-21-18-15-12-9-6-3)67-61(64)55-52-49-46-43-40-37-34-31-29-26-23-20-17-14-11-8-5-2/h16,18-19,21,25,27-28,32,38,41,58H,4-15,17,20,22-24,26,29-31,33-37,39-40,42-57H2,1-3H3/b19-16-,21-18-,28-25-,32-27-,41-38-/t58-/m0/s1. The molecule has 0 aromatic rings. The van der Waals surface area contributed by atoms with Crippen molar-refractivity contribution < 1.29 is 28.6 Å². The van der Waals surface area contributed by atoms with E-state index in [1.807, 2.05) is 0 Å². The average Bonchev–Trinajstić information content (AvgIpc) is 3.33. The molecule has 0 rings (SSSR count). The zero-order chi connectivity index (χ0) is 48.6. The monoisotopic (exact) mass is 937 g/mol. The summed E-state index contributed by atoms with van der Waals surface area (Å²) in [5, 5.41) is 0. The number of carbonyl (C=O) groups excluding carboxylic acids is 3. The summed E-state index contributed by atoms with van der Waals surface area (Å²) in [6.07, 6.45) is 69.2. The minimum Gasteiger partial charge on any atom is -0.462 e. The summed E-state index contributed by atoms with van der Waals surface area (Å²) in [4.78, 5) is 38.1. The van der Waals surface area contributed by atoms with Gasteiger partial charge >= 0.3 is 17.9 Å². The van der Waals surface area contributed by atoms with Gasteiger partial charge in [-0.1, -0.05) is 242 Å². The number of unbranched alkanes of at least 4 members (excludes halogenated alkanes) is 31. The highest BCUT2D eigenvalue weighted by Crippen LogP contribution is 2.16. The lowest BCUT2D eigenvalue weighted by molar-refractivity contribution is -0.167. The average molecular weight is 938 g/mol. The fourth-order valence-corrected chi connectivity index (χ4v) is 8.13. The molecule has 6 nitrogen and oxygen atoms in total. The highest BCUT2D eigenvalue weighted by molar-refractivity contribution is 5.71. The molecule has 0 aliphatic rings. The molecule has 388 valence electrons. The molecular formula is C61H108O6. The van der Waals surface area contributed by atoms with E-state index < -0.39 is 6.10 Å². The first-order valence-electron chi connectivity index (χ1n) is 28.8. The van der Waals surface area contributed by atoms with E-state index in [4.69, 9.17) is 14.2 Å². The number of hydrogen-bond acceptors (Lipinski definition) is 6. The molecule has 0 saturated carbocycles. The van der Waals surface area contributed by atoms with E-state index in [2.05, 4.69) is 81.5 Å². The predicted octanol–water partition coefficient (Wildman–Crippen LogP) is 19.2. The van der Waals surface area contributed by atoms with Crippen molar-refractivity contribution in [2.24, 2.45) is 0 Å². The Bertz CT molecular complexity index is 1210. The predicted molar refractivity (Wildman–Crippen MR) is 288 cm³/mol. The van der Waals surface area contributed by atoms with Crippen LogP contribution in [0.2, 0.25) is 0 Å². The van der Waals surface area contributed by atoms with Gasteiger partial charge in [-0.3, -0.25) is 14.4 Å². The molecule has 0 heterocycles. The number of ether oxygens (including phenoxy) is 3. The highest BCUT2D eigenvalue weighted by atomic mass is 16.6. The van der Waals surface area contributed by atoms with Gasteiger partial charge < -0.3 is 14.2 Å². The lowest BCUT2D eigenvalue weighted by atomic mass is 10.0. The number of carbonyl (C=O) groups is 3. The Hall–Kier alpha value is -2.89. The van der Waals surface area contributed by atoms with Crippen molar-refractivity contribution in [1.29, 1.82) is 0 Å². The van der Waals surface area contributed by atoms with Crippen molar-refractivity contribution in [2.75, 3.05) is 13.2 Å². The van der Waals surface area contributed by atoms with Crippen molar-refractivity contribution in [3.05, 3.63) is 60.8 Å². The van der Waals surface area contributed by atoms with Gasteiger partial charge in [0.1, 0.15) is 13.2 Å². The molecule has 0 fully saturated rings. The van der Waals surface area contributed by atoms with Crippen LogP contribution in [0, 0.1) is 0 Å². The van der Waals surface area contributed by atoms with Crippen LogP contribution < -0.4 is 0 Å². The zero-order valence-corrected chi connectivity index (χ0v) is 44.4. The van der Waals surface area contributed by atoms with E-state index in [1.165, 1.54) is 167 Å². The van der Waals surface area contributed by atoms with Gasteiger partial charge in [-0.05, 0) is 89.9 Å². The third-order valence-electron chi connectivity index (χ3n) is 12.5. The Labute approximate surface area is 415 Å². The molecular weight excluding hydrogens is 829 g/mol. The fraction of sp³-hybridized carbons (Fsp3) is 0.787. The number of allylic oxidation sites excluding steroid dienone is 10. The quantitative estimate of drug-likeness (QED) is 0.0262. The third-order valence-corrected chi connectivity index (χ3v) is 12.5. The molecule has 0 saturated heterocycles. The maximum Gasteiger partial charge on any atom is 0.306 e. The number of hydrogen-bond donors (Lipinski definition) is 0. The van der Waals surface area contributed by atoms with E-state index in [-0.39, 0.29) is 31.1 Å². The van der Waals surface area contributed by atoms with Gasteiger partial charge in [0, 0.05) is 19.3 Å². The largest absolute Gasteiger partial charge is 0.462 e. The van der Waals surface area contributed by atoms with Crippen molar-refractivity contribution >= 4 is 17.9 Å². The summed E-state index contributed by atoms with van der Waals surface area (Å²) >= 11 is 0. The lowest BCUT2D eigenvalue weighted by Crippen LogP contribution is -2.30. The van der Waals surface area contributed by atoms with E-state index in [1.54, 1.807) is 0 Å². The van der Waals surface area contributed by atoms with Crippen LogP contribution in [0.15, 0.2) is 60.8 Å². The second-order valence-electron chi connectivity index (χ2n) is 19.2. The number of rotatable bonds is 52. The molecule has 0 aliphatic heterocycles. The van der Waals surface area contributed by atoms with Crippen molar-refractivity contribution in [1.82, 2.24) is 0 Å². The third kappa shape index (κ3) is 53.9. The topological polar surface area (TPSA) is 78.9 Å². The zero-order valence-electron chi connectivity index (χ0n) is 44.4. The number of esters is 3. The molecule has 1 atom stereocenters. The Balaban J connectivity index is 4.42. The van der Waals surface area contributed by atoms with Crippen molar-refractivity contribution in [2.45, 2.75) is 297 Å². The molecule has 0 N–H and O–H groups in total. The Morgan fingerprint density at radius 1 is 0.299 bits per heavy atom. The highest BCUT2D eigenvalue weighted by Gasteiger charge is 2.19. The van der Waals surface area contributed by atoms with Crippen LogP contribution in [0.3, 0.4) is 0 Å². The first-order chi connectivity index (χ1) is 33.0. The summed E-state index contributed by atoms with van der Waals surface area (Å²) in [5.41, 5.74) is 0.